The fourth-order valence-corrected chi connectivity index (χ4v) is 3.10. The average Bonchev–Trinajstić information content (AvgIpc) is 2.78. The summed E-state index contributed by atoms with van der Waals surface area (Å²) in [5, 5.41) is 2.74. The Morgan fingerprint density at radius 3 is 1.94 bits per heavy atom. The first-order valence-electron chi connectivity index (χ1n) is 10.1. The monoisotopic (exact) mass is 418 g/mol. The molecule has 6 nitrogen and oxygen atoms in total. The number of hydrogen-bond acceptors (Lipinski definition) is 4. The van der Waals surface area contributed by atoms with Crippen LogP contribution in [0.2, 0.25) is 0 Å². The van der Waals surface area contributed by atoms with Gasteiger partial charge in [0.05, 0.1) is 0 Å². The van der Waals surface area contributed by atoms with Gasteiger partial charge in [-0.3, -0.25) is 4.79 Å². The number of rotatable bonds is 10. The lowest BCUT2D eigenvalue weighted by molar-refractivity contribution is -0.118. The van der Waals surface area contributed by atoms with Gasteiger partial charge in [-0.2, -0.15) is 0 Å². The Balaban J connectivity index is 1.52. The van der Waals surface area contributed by atoms with Crippen LogP contribution in [0.15, 0.2) is 84.9 Å². The van der Waals surface area contributed by atoms with E-state index in [1.54, 1.807) is 0 Å². The summed E-state index contributed by atoms with van der Waals surface area (Å²) in [7, 11) is 0. The zero-order valence-electron chi connectivity index (χ0n) is 17.2. The van der Waals surface area contributed by atoms with Crippen LogP contribution in [0.4, 0.5) is 4.79 Å². The maximum absolute atomic E-state index is 12.2. The highest BCUT2D eigenvalue weighted by Gasteiger charge is 2.17. The van der Waals surface area contributed by atoms with E-state index in [9.17, 15) is 9.59 Å². The minimum Gasteiger partial charge on any atom is -0.489 e. The predicted molar refractivity (Wildman–Crippen MR) is 118 cm³/mol. The average molecular weight is 418 g/mol. The lowest BCUT2D eigenvalue weighted by Crippen LogP contribution is -2.39. The molecule has 1 atom stereocenters. The highest BCUT2D eigenvalue weighted by molar-refractivity contribution is 5.76. The third kappa shape index (κ3) is 7.85. The van der Waals surface area contributed by atoms with Crippen molar-refractivity contribution in [1.82, 2.24) is 5.32 Å². The van der Waals surface area contributed by atoms with E-state index >= 15 is 0 Å². The standard InChI is InChI=1S/C25H26N2O4/c26-24(28)16-22(27-25(29)31-18-21-9-5-2-6-10-21)15-19-11-13-23(14-12-19)30-17-20-7-3-1-4-8-20/h1-14,22H,15-18H2,(H2,26,28)(H,27,29)/t22-/m1/s1. The van der Waals surface area contributed by atoms with E-state index in [1.165, 1.54) is 0 Å². The normalized spacial score (nSPS) is 11.4. The maximum Gasteiger partial charge on any atom is 0.407 e. The van der Waals surface area contributed by atoms with Crippen LogP contribution >= 0.6 is 0 Å². The second kappa shape index (κ2) is 11.4. The predicted octanol–water partition coefficient (Wildman–Crippen LogP) is 3.98. The lowest BCUT2D eigenvalue weighted by atomic mass is 10.0. The number of alkyl carbamates (subject to hydrolysis) is 1. The molecule has 0 saturated carbocycles. The highest BCUT2D eigenvalue weighted by atomic mass is 16.5. The Bertz CT molecular complexity index is 960. The molecule has 0 fully saturated rings. The Morgan fingerprint density at radius 2 is 1.35 bits per heavy atom. The molecule has 0 saturated heterocycles. The summed E-state index contributed by atoms with van der Waals surface area (Å²) in [6, 6.07) is 26.4. The van der Waals surface area contributed by atoms with Gasteiger partial charge in [0.1, 0.15) is 19.0 Å². The Labute approximate surface area is 182 Å². The number of amides is 2. The van der Waals surface area contributed by atoms with Gasteiger partial charge in [-0.25, -0.2) is 4.79 Å². The number of nitrogens with two attached hydrogens (primary N) is 1. The first-order chi connectivity index (χ1) is 15.1. The van der Waals surface area contributed by atoms with Gasteiger partial charge >= 0.3 is 6.09 Å². The number of carbonyl (C=O) groups excluding carboxylic acids is 2. The molecule has 31 heavy (non-hydrogen) atoms. The number of hydrogen-bond donors (Lipinski definition) is 2. The summed E-state index contributed by atoms with van der Waals surface area (Å²) in [5.41, 5.74) is 8.28. The molecular weight excluding hydrogens is 392 g/mol. The van der Waals surface area contributed by atoms with E-state index in [1.807, 2.05) is 84.9 Å². The number of primary amides is 1. The smallest absolute Gasteiger partial charge is 0.407 e. The maximum atomic E-state index is 12.2. The molecule has 0 spiro atoms. The van der Waals surface area contributed by atoms with Gasteiger partial charge in [0.15, 0.2) is 0 Å². The summed E-state index contributed by atoms with van der Waals surface area (Å²) in [6.07, 6.45) is -0.118. The van der Waals surface area contributed by atoms with Crippen LogP contribution in [0.5, 0.6) is 5.75 Å². The number of benzene rings is 3. The van der Waals surface area contributed by atoms with Crippen molar-refractivity contribution >= 4 is 12.0 Å². The fraction of sp³-hybridized carbons (Fsp3) is 0.200. The number of ether oxygens (including phenoxy) is 2. The molecule has 2 amide bonds. The largest absolute Gasteiger partial charge is 0.489 e. The quantitative estimate of drug-likeness (QED) is 0.521. The number of nitrogens with one attached hydrogen (secondary N) is 1. The first-order valence-corrected chi connectivity index (χ1v) is 10.1. The minimum atomic E-state index is -0.585. The van der Waals surface area contributed by atoms with Crippen molar-refractivity contribution in [2.24, 2.45) is 5.73 Å². The second-order valence-electron chi connectivity index (χ2n) is 7.20. The molecular formula is C25H26N2O4. The zero-order valence-corrected chi connectivity index (χ0v) is 17.2. The summed E-state index contributed by atoms with van der Waals surface area (Å²) < 4.78 is 11.0. The van der Waals surface area contributed by atoms with Crippen molar-refractivity contribution in [2.75, 3.05) is 0 Å². The van der Waals surface area contributed by atoms with E-state index in [2.05, 4.69) is 5.32 Å². The molecule has 3 N–H and O–H groups in total. The summed E-state index contributed by atoms with van der Waals surface area (Å²) in [6.45, 7) is 0.642. The van der Waals surface area contributed by atoms with Gasteiger partial charge < -0.3 is 20.5 Å². The minimum absolute atomic E-state index is 0.0205. The van der Waals surface area contributed by atoms with E-state index in [0.29, 0.717) is 13.0 Å². The second-order valence-corrected chi connectivity index (χ2v) is 7.20. The molecule has 3 rings (SSSR count). The van der Waals surface area contributed by atoms with Crippen LogP contribution in [0.3, 0.4) is 0 Å². The van der Waals surface area contributed by atoms with Crippen LogP contribution < -0.4 is 15.8 Å². The van der Waals surface area contributed by atoms with Crippen LogP contribution in [-0.2, 0) is 29.2 Å². The number of carbonyl (C=O) groups is 2. The summed E-state index contributed by atoms with van der Waals surface area (Å²) >= 11 is 0. The molecule has 3 aromatic carbocycles. The molecule has 0 aliphatic carbocycles. The molecule has 0 aliphatic rings. The van der Waals surface area contributed by atoms with Crippen LogP contribution in [0, 0.1) is 0 Å². The Morgan fingerprint density at radius 1 is 0.774 bits per heavy atom. The summed E-state index contributed by atoms with van der Waals surface area (Å²) in [5.74, 6) is 0.255. The van der Waals surface area contributed by atoms with E-state index in [4.69, 9.17) is 15.2 Å². The van der Waals surface area contributed by atoms with Crippen molar-refractivity contribution in [1.29, 1.82) is 0 Å². The first kappa shape index (κ1) is 21.9. The van der Waals surface area contributed by atoms with Crippen LogP contribution in [-0.4, -0.2) is 18.0 Å². The molecule has 160 valence electrons. The van der Waals surface area contributed by atoms with Gasteiger partial charge in [-0.15, -0.1) is 0 Å². The van der Waals surface area contributed by atoms with Crippen LogP contribution in [0.25, 0.3) is 0 Å². The Kier molecular flexibility index (Phi) is 8.05. The van der Waals surface area contributed by atoms with Gasteiger partial charge in [0.2, 0.25) is 5.91 Å². The molecule has 6 heteroatoms. The molecule has 0 bridgehead atoms. The van der Waals surface area contributed by atoms with Crippen molar-refractivity contribution in [3.63, 3.8) is 0 Å². The van der Waals surface area contributed by atoms with Crippen LogP contribution in [0.1, 0.15) is 23.1 Å². The van der Waals surface area contributed by atoms with Crippen molar-refractivity contribution < 1.29 is 19.1 Å². The zero-order chi connectivity index (χ0) is 21.9. The molecule has 0 aliphatic heterocycles. The molecule has 0 radical (unpaired) electrons. The van der Waals surface area contributed by atoms with Gasteiger partial charge in [0, 0.05) is 12.5 Å². The molecule has 3 aromatic rings. The molecule has 0 unspecified atom stereocenters. The van der Waals surface area contributed by atoms with Crippen molar-refractivity contribution in [2.45, 2.75) is 32.1 Å². The molecule has 0 aromatic heterocycles. The Hall–Kier alpha value is -3.80. The van der Waals surface area contributed by atoms with E-state index in [0.717, 1.165) is 22.4 Å². The topological polar surface area (TPSA) is 90.7 Å². The fourth-order valence-electron chi connectivity index (χ4n) is 3.10. The van der Waals surface area contributed by atoms with Crippen molar-refractivity contribution in [3.05, 3.63) is 102 Å². The van der Waals surface area contributed by atoms with E-state index < -0.39 is 18.0 Å². The van der Waals surface area contributed by atoms with Crippen molar-refractivity contribution in [3.8, 4) is 5.75 Å². The third-order valence-electron chi connectivity index (χ3n) is 4.64. The van der Waals surface area contributed by atoms with Gasteiger partial charge in [0.25, 0.3) is 0 Å². The van der Waals surface area contributed by atoms with E-state index in [-0.39, 0.29) is 13.0 Å². The summed E-state index contributed by atoms with van der Waals surface area (Å²) in [4.78, 5) is 23.6. The lowest BCUT2D eigenvalue weighted by Gasteiger charge is -2.18. The van der Waals surface area contributed by atoms with Gasteiger partial charge in [-0.05, 0) is 35.2 Å². The SMILES string of the molecule is NC(=O)C[C@@H](Cc1ccc(OCc2ccccc2)cc1)NC(=O)OCc1ccccc1. The van der Waals surface area contributed by atoms with Gasteiger partial charge in [-0.1, -0.05) is 72.8 Å². The highest BCUT2D eigenvalue weighted by Crippen LogP contribution is 2.16. The third-order valence-corrected chi connectivity index (χ3v) is 4.64. The molecule has 0 heterocycles.